The smallest absolute Gasteiger partial charge is 0.290 e. The van der Waals surface area contributed by atoms with E-state index in [0.29, 0.717) is 11.5 Å². The van der Waals surface area contributed by atoms with Gasteiger partial charge in [0.15, 0.2) is 0 Å². The van der Waals surface area contributed by atoms with Crippen molar-refractivity contribution in [3.63, 3.8) is 0 Å². The molecule has 1 saturated heterocycles. The third-order valence-corrected chi connectivity index (χ3v) is 3.43. The van der Waals surface area contributed by atoms with Crippen LogP contribution in [0.4, 0.5) is 10.5 Å². The largest absolute Gasteiger partial charge is 0.490 e. The van der Waals surface area contributed by atoms with Crippen molar-refractivity contribution in [1.82, 2.24) is 5.32 Å². The van der Waals surface area contributed by atoms with Gasteiger partial charge < -0.3 is 10.1 Å². The third kappa shape index (κ3) is 2.06. The number of ether oxygens (including phenoxy) is 1. The highest BCUT2D eigenvalue weighted by Crippen LogP contribution is 2.31. The Morgan fingerprint density at radius 1 is 1.33 bits per heavy atom. The van der Waals surface area contributed by atoms with Crippen LogP contribution in [-0.4, -0.2) is 24.3 Å². The van der Waals surface area contributed by atoms with Crippen LogP contribution < -0.4 is 15.4 Å². The summed E-state index contributed by atoms with van der Waals surface area (Å²) in [5.74, 6) is 0.468. The lowest BCUT2D eigenvalue weighted by Crippen LogP contribution is -2.18. The predicted molar refractivity (Wildman–Crippen MR) is 69.5 cm³/mol. The Kier molecular flexibility index (Phi) is 2.71. The number of carbonyl (C=O) groups excluding carboxylic acids is 2. The normalized spacial score (nSPS) is 20.1. The quantitative estimate of drug-likeness (QED) is 0.756. The first kappa shape index (κ1) is 11.2. The van der Waals surface area contributed by atoms with E-state index in [9.17, 15) is 9.59 Å². The number of imide groups is 1. The monoisotopic (exact) mass is 262 g/mol. The molecular formula is C12H10N2O3S. The molecule has 3 rings (SSSR count). The number of anilines is 1. The summed E-state index contributed by atoms with van der Waals surface area (Å²) in [4.78, 5) is 22.9. The van der Waals surface area contributed by atoms with Crippen LogP contribution in [0.3, 0.4) is 0 Å². The van der Waals surface area contributed by atoms with E-state index in [-0.39, 0.29) is 11.1 Å². The lowest BCUT2D eigenvalue weighted by molar-refractivity contribution is -0.115. The Morgan fingerprint density at radius 2 is 2.22 bits per heavy atom. The molecule has 0 aromatic heterocycles. The number of carbonyl (C=O) groups is 2. The zero-order chi connectivity index (χ0) is 12.5. The molecule has 6 heteroatoms. The number of thioether (sulfide) groups is 1. The average molecular weight is 262 g/mol. The van der Waals surface area contributed by atoms with Crippen molar-refractivity contribution >= 4 is 34.7 Å². The molecule has 5 nitrogen and oxygen atoms in total. The Bertz CT molecular complexity index is 568. The van der Waals surface area contributed by atoms with E-state index >= 15 is 0 Å². The molecule has 1 aromatic carbocycles. The fourth-order valence-corrected chi connectivity index (χ4v) is 2.50. The summed E-state index contributed by atoms with van der Waals surface area (Å²) in [6.45, 7) is 1.42. The van der Waals surface area contributed by atoms with Crippen molar-refractivity contribution in [1.29, 1.82) is 0 Å². The van der Waals surface area contributed by atoms with Gasteiger partial charge in [-0.3, -0.25) is 14.9 Å². The van der Waals surface area contributed by atoms with Gasteiger partial charge >= 0.3 is 0 Å². The number of rotatable bonds is 1. The highest BCUT2D eigenvalue weighted by molar-refractivity contribution is 8.18. The topological polar surface area (TPSA) is 67.4 Å². The van der Waals surface area contributed by atoms with Crippen LogP contribution in [0.15, 0.2) is 23.1 Å². The second-order valence-electron chi connectivity index (χ2n) is 3.88. The SMILES string of the molecule is O=C1NC(=O)C(=Cc2ccc3c(c2)NCCO3)S1. The standard InChI is InChI=1S/C12H10N2O3S/c15-11-10(18-12(16)14-11)6-7-1-2-9-8(5-7)13-3-4-17-9/h1-2,5-6,13H,3-4H2,(H,14,15,16). The van der Waals surface area contributed by atoms with E-state index in [4.69, 9.17) is 4.74 Å². The van der Waals surface area contributed by atoms with Crippen LogP contribution in [0.5, 0.6) is 5.75 Å². The van der Waals surface area contributed by atoms with Gasteiger partial charge in [-0.1, -0.05) is 6.07 Å². The van der Waals surface area contributed by atoms with Crippen LogP contribution in [0.1, 0.15) is 5.56 Å². The number of hydrogen-bond donors (Lipinski definition) is 2. The lowest BCUT2D eigenvalue weighted by Gasteiger charge is -2.19. The number of hydrogen-bond acceptors (Lipinski definition) is 5. The predicted octanol–water partition coefficient (Wildman–Crippen LogP) is 1.81. The highest BCUT2D eigenvalue weighted by Gasteiger charge is 2.25. The van der Waals surface area contributed by atoms with E-state index in [1.807, 2.05) is 18.2 Å². The molecule has 0 atom stereocenters. The van der Waals surface area contributed by atoms with Crippen LogP contribution in [-0.2, 0) is 4.79 Å². The van der Waals surface area contributed by atoms with Gasteiger partial charge in [-0.05, 0) is 35.5 Å². The Morgan fingerprint density at radius 3 is 3.00 bits per heavy atom. The number of amides is 2. The van der Waals surface area contributed by atoms with Gasteiger partial charge in [0.2, 0.25) is 0 Å². The van der Waals surface area contributed by atoms with Crippen molar-refractivity contribution in [3.8, 4) is 5.75 Å². The minimum absolute atomic E-state index is 0.328. The molecule has 2 aliphatic heterocycles. The first-order valence-electron chi connectivity index (χ1n) is 5.48. The molecule has 2 amide bonds. The van der Waals surface area contributed by atoms with Gasteiger partial charge in [-0.15, -0.1) is 0 Å². The van der Waals surface area contributed by atoms with Crippen molar-refractivity contribution in [3.05, 3.63) is 28.7 Å². The van der Waals surface area contributed by atoms with Crippen LogP contribution in [0.25, 0.3) is 6.08 Å². The van der Waals surface area contributed by atoms with Crippen LogP contribution >= 0.6 is 11.8 Å². The molecule has 1 aromatic rings. The van der Waals surface area contributed by atoms with Crippen molar-refractivity contribution < 1.29 is 14.3 Å². The second kappa shape index (κ2) is 4.38. The van der Waals surface area contributed by atoms with E-state index < -0.39 is 0 Å². The van der Waals surface area contributed by atoms with Crippen molar-refractivity contribution in [2.75, 3.05) is 18.5 Å². The van der Waals surface area contributed by atoms with E-state index in [1.165, 1.54) is 0 Å². The summed E-state index contributed by atoms with van der Waals surface area (Å²) < 4.78 is 5.46. The first-order valence-corrected chi connectivity index (χ1v) is 6.29. The van der Waals surface area contributed by atoms with Crippen molar-refractivity contribution in [2.45, 2.75) is 0 Å². The Hall–Kier alpha value is -1.95. The molecule has 0 radical (unpaired) electrons. The minimum atomic E-state index is -0.341. The molecule has 0 unspecified atom stereocenters. The molecule has 18 heavy (non-hydrogen) atoms. The van der Waals surface area contributed by atoms with E-state index in [0.717, 1.165) is 35.3 Å². The molecule has 2 aliphatic rings. The first-order chi connectivity index (χ1) is 8.72. The molecule has 92 valence electrons. The number of fused-ring (bicyclic) bond motifs is 1. The fourth-order valence-electron chi connectivity index (χ4n) is 1.82. The van der Waals surface area contributed by atoms with E-state index in [1.54, 1.807) is 6.08 Å². The Labute approximate surface area is 108 Å². The second-order valence-corrected chi connectivity index (χ2v) is 4.90. The van der Waals surface area contributed by atoms with Gasteiger partial charge in [-0.2, -0.15) is 0 Å². The number of nitrogens with one attached hydrogen (secondary N) is 2. The zero-order valence-corrected chi connectivity index (χ0v) is 10.2. The molecule has 0 aliphatic carbocycles. The minimum Gasteiger partial charge on any atom is -0.490 e. The maximum atomic E-state index is 11.4. The van der Waals surface area contributed by atoms with Crippen molar-refractivity contribution in [2.24, 2.45) is 0 Å². The van der Waals surface area contributed by atoms with Crippen LogP contribution in [0.2, 0.25) is 0 Å². The molecule has 2 heterocycles. The van der Waals surface area contributed by atoms with Gasteiger partial charge in [0.1, 0.15) is 12.4 Å². The highest BCUT2D eigenvalue weighted by atomic mass is 32.2. The molecule has 0 bridgehead atoms. The molecular weight excluding hydrogens is 252 g/mol. The van der Waals surface area contributed by atoms with Gasteiger partial charge in [-0.25, -0.2) is 0 Å². The summed E-state index contributed by atoms with van der Waals surface area (Å²) in [6.07, 6.45) is 1.70. The molecule has 2 N–H and O–H groups in total. The molecule has 0 saturated carbocycles. The number of benzene rings is 1. The average Bonchev–Trinajstić information content (AvgIpc) is 2.68. The summed E-state index contributed by atoms with van der Waals surface area (Å²) in [5, 5.41) is 5.12. The molecule has 0 spiro atoms. The Balaban J connectivity index is 1.91. The maximum absolute atomic E-state index is 11.4. The summed E-state index contributed by atoms with van der Waals surface area (Å²) in [7, 11) is 0. The summed E-state index contributed by atoms with van der Waals surface area (Å²) in [6, 6.07) is 5.61. The van der Waals surface area contributed by atoms with E-state index in [2.05, 4.69) is 10.6 Å². The summed E-state index contributed by atoms with van der Waals surface area (Å²) in [5.41, 5.74) is 1.77. The molecule has 1 fully saturated rings. The van der Waals surface area contributed by atoms with Gasteiger partial charge in [0.05, 0.1) is 10.6 Å². The van der Waals surface area contributed by atoms with Gasteiger partial charge in [0.25, 0.3) is 11.1 Å². The van der Waals surface area contributed by atoms with Crippen LogP contribution in [0, 0.1) is 0 Å². The zero-order valence-electron chi connectivity index (χ0n) is 9.36. The summed E-state index contributed by atoms with van der Waals surface area (Å²) >= 11 is 0.916. The third-order valence-electron chi connectivity index (χ3n) is 2.62. The fraction of sp³-hybridized carbons (Fsp3) is 0.167. The lowest BCUT2D eigenvalue weighted by atomic mass is 10.1. The van der Waals surface area contributed by atoms with Gasteiger partial charge in [0, 0.05) is 6.54 Å². The maximum Gasteiger partial charge on any atom is 0.290 e.